The average molecular weight is 524 g/mol. The highest BCUT2D eigenvalue weighted by Crippen LogP contribution is 2.22. The van der Waals surface area contributed by atoms with Crippen LogP contribution in [0, 0.1) is 0 Å². The highest BCUT2D eigenvalue weighted by atomic mass is 32.3. The second kappa shape index (κ2) is 19.5. The summed E-state index contributed by atoms with van der Waals surface area (Å²) in [6, 6.07) is -0.950. The van der Waals surface area contributed by atoms with Crippen LogP contribution >= 0.6 is 0 Å². The molecule has 0 aliphatic carbocycles. The van der Waals surface area contributed by atoms with Crippen molar-refractivity contribution in [2.24, 2.45) is 5.73 Å². The molecular weight excluding hydrogens is 474 g/mol. The van der Waals surface area contributed by atoms with Crippen molar-refractivity contribution in [3.05, 3.63) is 12.2 Å². The molecule has 0 aromatic heterocycles. The van der Waals surface area contributed by atoms with E-state index >= 15 is 0 Å². The van der Waals surface area contributed by atoms with E-state index in [1.54, 1.807) is 0 Å². The Morgan fingerprint density at radius 3 is 1.97 bits per heavy atom. The Morgan fingerprint density at radius 1 is 0.857 bits per heavy atom. The molecule has 35 heavy (non-hydrogen) atoms. The molecule has 1 saturated heterocycles. The lowest BCUT2D eigenvalue weighted by molar-refractivity contribution is -0.264. The molecule has 0 spiro atoms. The van der Waals surface area contributed by atoms with E-state index in [-0.39, 0.29) is 0 Å². The third-order valence-electron chi connectivity index (χ3n) is 6.27. The van der Waals surface area contributed by atoms with Crippen LogP contribution in [0.3, 0.4) is 0 Å². The molecule has 0 radical (unpaired) electrons. The van der Waals surface area contributed by atoms with Crippen molar-refractivity contribution < 1.29 is 36.5 Å². The normalized spacial score (nSPS) is 25.5. The molecule has 1 aliphatic heterocycles. The summed E-state index contributed by atoms with van der Waals surface area (Å²) in [5, 5.41) is 20.2. The van der Waals surface area contributed by atoms with Gasteiger partial charge in [-0.3, -0.25) is 4.18 Å². The van der Waals surface area contributed by atoms with Gasteiger partial charge in [0.1, 0.15) is 18.3 Å². The van der Waals surface area contributed by atoms with Crippen LogP contribution < -0.4 is 5.73 Å². The summed E-state index contributed by atoms with van der Waals surface area (Å²) in [6.45, 7) is 2.12. The summed E-state index contributed by atoms with van der Waals surface area (Å²) in [7, 11) is -3.23. The predicted molar refractivity (Wildman–Crippen MR) is 136 cm³/mol. The predicted octanol–water partition coefficient (Wildman–Crippen LogP) is 3.72. The van der Waals surface area contributed by atoms with Crippen molar-refractivity contribution in [1.29, 1.82) is 0 Å². The van der Waals surface area contributed by atoms with Gasteiger partial charge in [-0.05, 0) is 32.1 Å². The second-order valence-corrected chi connectivity index (χ2v) is 10.7. The number of unbranched alkanes of at least 4 members (excludes halogenated alkanes) is 12. The zero-order chi connectivity index (χ0) is 25.9. The summed E-state index contributed by atoms with van der Waals surface area (Å²) in [6.07, 6.45) is 16.9. The number of aliphatic hydroxyl groups excluding tert-OH is 2. The molecule has 208 valence electrons. The Labute approximate surface area is 212 Å². The third-order valence-corrected chi connectivity index (χ3v) is 7.10. The lowest BCUT2D eigenvalue weighted by Gasteiger charge is -2.40. The molecule has 1 fully saturated rings. The van der Waals surface area contributed by atoms with Gasteiger partial charge in [0.25, 0.3) is 0 Å². The number of aliphatic hydroxyl groups is 2. The third kappa shape index (κ3) is 14.7. The highest BCUT2D eigenvalue weighted by molar-refractivity contribution is 7.81. The molecule has 4 N–H and O–H groups in total. The van der Waals surface area contributed by atoms with E-state index in [9.17, 15) is 18.6 Å². The molecular formula is C25H49NO8S. The maximum absolute atomic E-state index is 11.3. The van der Waals surface area contributed by atoms with E-state index < -0.39 is 47.6 Å². The Bertz CT molecular complexity index is 645. The van der Waals surface area contributed by atoms with Gasteiger partial charge in [-0.1, -0.05) is 76.9 Å². The number of ether oxygens (including phenoxy) is 2. The molecule has 5 atom stereocenters. The standard InChI is InChI=1S/C25H49NO8S/c1-3-4-5-6-7-8-9-10-11-12-13-14-15-16-17-18-19-32-25-22(26)24(28)23(27)21(34-25)20-33-35(29,30)31-2/h10-11,21-25,27-28H,3-9,12-20,26H2,1-2H3/b11-10-/t21-,22?,23-,24-,25+/m1/s1. The van der Waals surface area contributed by atoms with Crippen LogP contribution in [0.4, 0.5) is 0 Å². The quantitative estimate of drug-likeness (QED) is 0.152. The van der Waals surface area contributed by atoms with Crippen molar-refractivity contribution >= 4 is 10.4 Å². The summed E-state index contributed by atoms with van der Waals surface area (Å²) in [5.74, 6) is 0. The van der Waals surface area contributed by atoms with E-state index in [1.807, 2.05) is 0 Å². The van der Waals surface area contributed by atoms with E-state index in [1.165, 1.54) is 64.2 Å². The molecule has 0 saturated carbocycles. The van der Waals surface area contributed by atoms with E-state index in [0.717, 1.165) is 32.8 Å². The van der Waals surface area contributed by atoms with Gasteiger partial charge in [0.2, 0.25) is 0 Å². The first-order valence-corrected chi connectivity index (χ1v) is 14.6. The number of rotatable bonds is 21. The van der Waals surface area contributed by atoms with Gasteiger partial charge in [-0.2, -0.15) is 8.42 Å². The molecule has 1 unspecified atom stereocenters. The van der Waals surface area contributed by atoms with Gasteiger partial charge in [-0.15, -0.1) is 0 Å². The lowest BCUT2D eigenvalue weighted by atomic mass is 9.98. The molecule has 10 heteroatoms. The Hall–Kier alpha value is -0.590. The van der Waals surface area contributed by atoms with Crippen LogP contribution in [0.1, 0.15) is 96.8 Å². The largest absolute Gasteiger partial charge is 0.399 e. The van der Waals surface area contributed by atoms with Crippen LogP contribution in [0.2, 0.25) is 0 Å². The summed E-state index contributed by atoms with van der Waals surface area (Å²) >= 11 is 0. The monoisotopic (exact) mass is 523 g/mol. The minimum absolute atomic E-state index is 0.395. The number of nitrogens with two attached hydrogens (primary N) is 1. The zero-order valence-electron chi connectivity index (χ0n) is 21.7. The van der Waals surface area contributed by atoms with Crippen LogP contribution in [0.25, 0.3) is 0 Å². The smallest absolute Gasteiger partial charge is 0.388 e. The molecule has 1 aliphatic rings. The highest BCUT2D eigenvalue weighted by Gasteiger charge is 2.43. The van der Waals surface area contributed by atoms with Crippen LogP contribution in [-0.2, 0) is 28.2 Å². The topological polar surface area (TPSA) is 138 Å². The van der Waals surface area contributed by atoms with Gasteiger partial charge in [0.05, 0.1) is 19.8 Å². The fourth-order valence-corrected chi connectivity index (χ4v) is 4.38. The van der Waals surface area contributed by atoms with Crippen LogP contribution in [0.15, 0.2) is 12.2 Å². The van der Waals surface area contributed by atoms with Crippen molar-refractivity contribution in [1.82, 2.24) is 0 Å². The van der Waals surface area contributed by atoms with Gasteiger partial charge in [-0.25, -0.2) is 4.18 Å². The summed E-state index contributed by atoms with van der Waals surface area (Å²) in [4.78, 5) is 0. The van der Waals surface area contributed by atoms with E-state index in [4.69, 9.17) is 15.2 Å². The second-order valence-electron chi connectivity index (χ2n) is 9.27. The molecule has 9 nitrogen and oxygen atoms in total. The van der Waals surface area contributed by atoms with Crippen molar-refractivity contribution in [2.75, 3.05) is 20.3 Å². The molecule has 0 amide bonds. The minimum Gasteiger partial charge on any atom is -0.388 e. The molecule has 0 aromatic carbocycles. The molecule has 0 aromatic rings. The van der Waals surface area contributed by atoms with Crippen LogP contribution in [0.5, 0.6) is 0 Å². The molecule has 1 heterocycles. The number of allylic oxidation sites excluding steroid dienone is 2. The first kappa shape index (κ1) is 32.4. The first-order chi connectivity index (χ1) is 16.8. The van der Waals surface area contributed by atoms with Crippen LogP contribution in [-0.4, -0.2) is 69.6 Å². The first-order valence-electron chi connectivity index (χ1n) is 13.3. The minimum atomic E-state index is -4.18. The molecule has 0 bridgehead atoms. The van der Waals surface area contributed by atoms with E-state index in [0.29, 0.717) is 6.61 Å². The number of hydrogen-bond donors (Lipinski definition) is 3. The Morgan fingerprint density at radius 2 is 1.40 bits per heavy atom. The van der Waals surface area contributed by atoms with Gasteiger partial charge in [0, 0.05) is 6.61 Å². The van der Waals surface area contributed by atoms with E-state index in [2.05, 4.69) is 27.4 Å². The maximum atomic E-state index is 11.3. The maximum Gasteiger partial charge on any atom is 0.399 e. The summed E-state index contributed by atoms with van der Waals surface area (Å²) < 4.78 is 42.6. The van der Waals surface area contributed by atoms with Crippen molar-refractivity contribution in [2.45, 2.75) is 127 Å². The van der Waals surface area contributed by atoms with Gasteiger partial charge >= 0.3 is 10.4 Å². The van der Waals surface area contributed by atoms with Gasteiger partial charge in [0.15, 0.2) is 6.29 Å². The Kier molecular flexibility index (Phi) is 18.1. The van der Waals surface area contributed by atoms with Gasteiger partial charge < -0.3 is 25.4 Å². The summed E-state index contributed by atoms with van der Waals surface area (Å²) in [5.41, 5.74) is 5.91. The zero-order valence-corrected chi connectivity index (χ0v) is 22.5. The number of hydrogen-bond acceptors (Lipinski definition) is 9. The van der Waals surface area contributed by atoms with Crippen molar-refractivity contribution in [3.63, 3.8) is 0 Å². The molecule has 1 rings (SSSR count). The lowest BCUT2D eigenvalue weighted by Crippen LogP contribution is -2.62. The SMILES string of the molecule is CCCCCCCC/C=C\CCCCCCCCO[C@H]1O[C@H](COS(=O)(=O)OC)[C@@H](O)[C@H](O)C1N. The fraction of sp³-hybridized carbons (Fsp3) is 0.920. The van der Waals surface area contributed by atoms with Crippen molar-refractivity contribution in [3.8, 4) is 0 Å². The fourth-order valence-electron chi connectivity index (χ4n) is 3.99. The Balaban J connectivity index is 2.07. The average Bonchev–Trinajstić information content (AvgIpc) is 2.85.